The van der Waals surface area contributed by atoms with Crippen LogP contribution in [-0.2, 0) is 10.8 Å². The van der Waals surface area contributed by atoms with Gasteiger partial charge in [-0.3, -0.25) is 0 Å². The summed E-state index contributed by atoms with van der Waals surface area (Å²) in [6.45, 7) is 42.7. The fourth-order valence-electron chi connectivity index (χ4n) is 11.1. The Morgan fingerprint density at radius 2 is 0.537 bits per heavy atom. The molecule has 95 heavy (non-hydrogen) atoms. The first-order valence-corrected chi connectivity index (χ1v) is 35.6. The Bertz CT molecular complexity index is 3660. The Balaban J connectivity index is 0.000000578. The van der Waals surface area contributed by atoms with Gasteiger partial charge in [0.25, 0.3) is 0 Å². The van der Waals surface area contributed by atoms with Crippen LogP contribution in [0.4, 0.5) is 17.1 Å². The van der Waals surface area contributed by atoms with Crippen LogP contribution in [0.1, 0.15) is 177 Å². The Hall–Kier alpha value is -9.18. The van der Waals surface area contributed by atoms with E-state index in [0.717, 1.165) is 11.2 Å². The molecule has 2 aliphatic rings. The highest BCUT2D eigenvalue weighted by Gasteiger charge is 2.45. The number of para-hydroxylation sites is 3. The molecule has 0 saturated carbocycles. The highest BCUT2D eigenvalue weighted by Crippen LogP contribution is 2.56. The highest BCUT2D eigenvalue weighted by molar-refractivity contribution is 6.04. The minimum Gasteiger partial charge on any atom is -0.456 e. The number of benzene rings is 11. The van der Waals surface area contributed by atoms with Gasteiger partial charge in [-0.25, -0.2) is 0 Å². The van der Waals surface area contributed by atoms with Crippen LogP contribution in [0.2, 0.25) is 0 Å². The normalized spacial score (nSPS) is 10.7. The first-order chi connectivity index (χ1) is 46.7. The van der Waals surface area contributed by atoms with Crippen molar-refractivity contribution >= 4 is 39.0 Å². The van der Waals surface area contributed by atoms with Crippen LogP contribution in [0.15, 0.2) is 296 Å². The Labute approximate surface area is 579 Å². The molecule has 11 aromatic carbocycles. The Kier molecular flexibility index (Phi) is 42.1. The van der Waals surface area contributed by atoms with Crippen LogP contribution in [0.25, 0.3) is 44.2 Å². The second-order valence-electron chi connectivity index (χ2n) is 20.3. The van der Waals surface area contributed by atoms with Crippen LogP contribution in [0.5, 0.6) is 0 Å². The summed E-state index contributed by atoms with van der Waals surface area (Å²) in [5, 5.41) is 2.39. The van der Waals surface area contributed by atoms with Gasteiger partial charge in [0.15, 0.2) is 0 Å². The molecule has 0 radical (unpaired) electrons. The lowest BCUT2D eigenvalue weighted by Crippen LogP contribution is -2.28. The topological polar surface area (TPSA) is 19.6 Å². The van der Waals surface area contributed by atoms with Crippen molar-refractivity contribution in [1.82, 2.24) is 0 Å². The monoisotopic (exact) mass is 1270 g/mol. The van der Waals surface area contributed by atoms with Gasteiger partial charge in [-0.1, -0.05) is 393 Å². The molecule has 0 N–H and O–H groups in total. The van der Waals surface area contributed by atoms with Crippen LogP contribution in [0, 0.1) is 6.92 Å². The fraction of sp³-hybridized carbons (Fsp3) is 0.283. The summed E-state index contributed by atoms with van der Waals surface area (Å²) in [5.41, 5.74) is 20.5. The molecule has 3 heteroatoms. The molecule has 0 fully saturated rings. The van der Waals surface area contributed by atoms with Gasteiger partial charge in [0.05, 0.1) is 5.41 Å². The maximum atomic E-state index is 5.65. The van der Waals surface area contributed by atoms with E-state index in [1.54, 1.807) is 0 Å². The van der Waals surface area contributed by atoms with E-state index in [9.17, 15) is 0 Å². The van der Waals surface area contributed by atoms with Crippen molar-refractivity contribution in [2.24, 2.45) is 0 Å². The molecule has 14 rings (SSSR count). The number of rotatable bonds is 5. The number of furan rings is 1. The molecule has 0 amide bonds. The molecule has 0 unspecified atom stereocenters. The quantitative estimate of drug-likeness (QED) is 0.171. The van der Waals surface area contributed by atoms with Crippen molar-refractivity contribution in [2.75, 3.05) is 30.9 Å². The van der Waals surface area contributed by atoms with Gasteiger partial charge in [-0.2, -0.15) is 0 Å². The Morgan fingerprint density at radius 3 is 0.884 bits per heavy atom. The Morgan fingerprint density at radius 1 is 0.263 bits per heavy atom. The molecule has 0 saturated heterocycles. The second-order valence-corrected chi connectivity index (χ2v) is 20.3. The molecular weight excluding hydrogens is 1150 g/mol. The van der Waals surface area contributed by atoms with Gasteiger partial charge in [0.2, 0.25) is 0 Å². The molecule has 0 bridgehead atoms. The number of nitrogens with zero attached hydrogens (tertiary/aromatic N) is 2. The first-order valence-electron chi connectivity index (χ1n) is 35.6. The smallest absolute Gasteiger partial charge is 0.135 e. The van der Waals surface area contributed by atoms with Crippen LogP contribution < -0.4 is 9.80 Å². The molecule has 2 aliphatic carbocycles. The summed E-state index contributed by atoms with van der Waals surface area (Å²) in [7, 11) is 6.20. The predicted octanol–water partition coefficient (Wildman–Crippen LogP) is 28.4. The third-order valence-corrected chi connectivity index (χ3v) is 15.0. The maximum absolute atomic E-state index is 5.65. The minimum atomic E-state index is -0.254. The lowest BCUT2D eigenvalue weighted by molar-refractivity contribution is 0.660. The molecule has 0 atom stereocenters. The van der Waals surface area contributed by atoms with Crippen LogP contribution in [0.3, 0.4) is 0 Å². The van der Waals surface area contributed by atoms with Crippen molar-refractivity contribution < 1.29 is 4.42 Å². The second kappa shape index (κ2) is 47.7. The zero-order valence-corrected chi connectivity index (χ0v) is 63.0. The van der Waals surface area contributed by atoms with Gasteiger partial charge in [-0.15, -0.1) is 0 Å². The van der Waals surface area contributed by atoms with Gasteiger partial charge in [-0.05, 0) is 105 Å². The van der Waals surface area contributed by atoms with Crippen molar-refractivity contribution in [3.63, 3.8) is 0 Å². The number of fused-ring (bicyclic) bond motifs is 9. The zero-order valence-electron chi connectivity index (χ0n) is 63.0. The minimum absolute atomic E-state index is 0.160. The predicted molar refractivity (Wildman–Crippen MR) is 430 cm³/mol. The lowest BCUT2D eigenvalue weighted by atomic mass is 9.68. The number of hydrogen-bond donors (Lipinski definition) is 0. The standard InChI is InChI=1S/C25H18.C15H18N2.C15H14.C12H8O.C7H8.9C2H6/c1-3-11-19(12-4-1)25(20-13-5-2-6-14-20)23-17-9-7-15-21(23)22-16-8-10-18-24(22)25;1-16(2)14-10-7-11-15(12-14)17(3)13-8-5-4-6-9-13;1-15(2)13-9-5-3-7-11(13)12-8-4-6-10-14(12)15;1-3-7-11-9(5-1)10-6-2-4-8-12(10)13-11;1-7-5-3-2-4-6-7;9*1-2/h1-18H;4-12H,1-3H3;3-10H,1-2H3;1-8H;2-6H,1H3;9*1-2H3. The van der Waals surface area contributed by atoms with Gasteiger partial charge in [0.1, 0.15) is 11.2 Å². The van der Waals surface area contributed by atoms with E-state index in [4.69, 9.17) is 4.42 Å². The number of aryl methyl sites for hydroxylation is 1. The summed E-state index contributed by atoms with van der Waals surface area (Å²) >= 11 is 0. The van der Waals surface area contributed by atoms with E-state index in [1.165, 1.54) is 89.0 Å². The summed E-state index contributed by atoms with van der Waals surface area (Å²) < 4.78 is 5.65. The maximum Gasteiger partial charge on any atom is 0.135 e. The SMILES string of the molecule is CC.CC.CC.CC.CC.CC.CC.CC.CC.CC1(C)c2ccccc2-c2ccccc21.CN(C)c1cccc(N(C)c2ccccc2)c1.Cc1ccccc1.c1ccc(C2(c3ccccc3)c3ccccc3-c3ccccc32)cc1.c1ccc2c(c1)oc1ccccc12. The van der Waals surface area contributed by atoms with Crippen molar-refractivity contribution in [3.8, 4) is 22.3 Å². The molecule has 12 aromatic rings. The molecule has 1 aromatic heterocycles. The average molecular weight is 1270 g/mol. The molecular formula is C92H120N2O. The highest BCUT2D eigenvalue weighted by atomic mass is 16.3. The largest absolute Gasteiger partial charge is 0.456 e. The van der Waals surface area contributed by atoms with Crippen LogP contribution >= 0.6 is 0 Å². The fourth-order valence-corrected chi connectivity index (χ4v) is 11.1. The van der Waals surface area contributed by atoms with E-state index in [0.29, 0.717) is 0 Å². The average Bonchev–Trinajstić information content (AvgIpc) is 1.57. The third kappa shape index (κ3) is 21.9. The van der Waals surface area contributed by atoms with E-state index < -0.39 is 0 Å². The number of hydrogen-bond acceptors (Lipinski definition) is 3. The summed E-state index contributed by atoms with van der Waals surface area (Å²) in [5.74, 6) is 0. The van der Waals surface area contributed by atoms with Crippen molar-refractivity contribution in [2.45, 2.75) is 156 Å². The van der Waals surface area contributed by atoms with E-state index >= 15 is 0 Å². The van der Waals surface area contributed by atoms with Gasteiger partial charge >= 0.3 is 0 Å². The summed E-state index contributed by atoms with van der Waals surface area (Å²) in [6, 6.07) is 102. The molecule has 3 nitrogen and oxygen atoms in total. The zero-order chi connectivity index (χ0) is 71.2. The molecule has 504 valence electrons. The summed E-state index contributed by atoms with van der Waals surface area (Å²) in [4.78, 5) is 4.30. The van der Waals surface area contributed by atoms with Gasteiger partial charge < -0.3 is 14.2 Å². The van der Waals surface area contributed by atoms with E-state index in [1.807, 2.05) is 185 Å². The van der Waals surface area contributed by atoms with Crippen molar-refractivity contribution in [1.29, 1.82) is 0 Å². The lowest BCUT2D eigenvalue weighted by Gasteiger charge is -2.33. The molecule has 0 spiro atoms. The van der Waals surface area contributed by atoms with Crippen LogP contribution in [-0.4, -0.2) is 21.1 Å². The first kappa shape index (κ1) is 83.8. The van der Waals surface area contributed by atoms with Crippen molar-refractivity contribution in [3.05, 3.63) is 330 Å². The van der Waals surface area contributed by atoms with E-state index in [2.05, 4.69) is 282 Å². The third-order valence-electron chi connectivity index (χ3n) is 15.0. The molecule has 0 aliphatic heterocycles. The van der Waals surface area contributed by atoms with Gasteiger partial charge in [0, 0.05) is 54.4 Å². The molecule has 1 heterocycles. The summed E-state index contributed by atoms with van der Waals surface area (Å²) in [6.07, 6.45) is 0. The number of anilines is 3. The van der Waals surface area contributed by atoms with E-state index in [-0.39, 0.29) is 10.8 Å².